The third kappa shape index (κ3) is 5.61. The monoisotopic (exact) mass is 526 g/mol. The molecule has 3 aromatic rings. The van der Waals surface area contributed by atoms with Crippen molar-refractivity contribution < 1.29 is 14.4 Å². The number of ether oxygens (including phenoxy) is 2. The van der Waals surface area contributed by atoms with Crippen LogP contribution in [-0.2, 0) is 6.42 Å². The molecule has 34 heavy (non-hydrogen) atoms. The first-order valence-corrected chi connectivity index (χ1v) is 11.5. The summed E-state index contributed by atoms with van der Waals surface area (Å²) in [4.78, 5) is 28.9. The van der Waals surface area contributed by atoms with Crippen LogP contribution in [0, 0.1) is 22.5 Å². The normalized spacial score (nSPS) is 11.0. The van der Waals surface area contributed by atoms with E-state index in [-0.39, 0.29) is 36.0 Å². The Labute approximate surface area is 204 Å². The van der Waals surface area contributed by atoms with Gasteiger partial charge in [0.1, 0.15) is 12.4 Å². The van der Waals surface area contributed by atoms with Gasteiger partial charge in [-0.25, -0.2) is 4.98 Å². The minimum absolute atomic E-state index is 0.0556. The van der Waals surface area contributed by atoms with Crippen LogP contribution < -0.4 is 15.0 Å². The zero-order valence-corrected chi connectivity index (χ0v) is 20.4. The number of nitro benzene ring substituents is 1. The molecule has 0 atom stereocenters. The van der Waals surface area contributed by atoms with Gasteiger partial charge in [0.2, 0.25) is 5.75 Å². The molecule has 9 nitrogen and oxygen atoms in total. The van der Waals surface area contributed by atoms with E-state index in [0.29, 0.717) is 28.7 Å². The summed E-state index contributed by atoms with van der Waals surface area (Å²) in [6.45, 7) is 3.90. The number of halogens is 1. The lowest BCUT2D eigenvalue weighted by atomic mass is 10.2. The summed E-state index contributed by atoms with van der Waals surface area (Å²) in [5.41, 5.74) is 0.282. The predicted octanol–water partition coefficient (Wildman–Crippen LogP) is 4.70. The standard InChI is InChI=1S/C24H23BrN4O5/c1-4-7-8-22-27-19-10-9-17(25)14-18(19)24(30)28(22)26-15-16-12-20(29(31)32)23(34-11-5-2)21(13-16)33-6-3/h2,9-10,12-15H,4,6-8,11H2,1,3H3. The van der Waals surface area contributed by atoms with Gasteiger partial charge in [0, 0.05) is 22.5 Å². The van der Waals surface area contributed by atoms with Gasteiger partial charge < -0.3 is 9.47 Å². The van der Waals surface area contributed by atoms with E-state index in [9.17, 15) is 14.9 Å². The van der Waals surface area contributed by atoms with Crippen molar-refractivity contribution in [2.24, 2.45) is 5.10 Å². The molecule has 0 unspecified atom stereocenters. The molecule has 2 aromatic carbocycles. The van der Waals surface area contributed by atoms with Crippen LogP contribution in [0.2, 0.25) is 0 Å². The zero-order chi connectivity index (χ0) is 24.7. The van der Waals surface area contributed by atoms with E-state index >= 15 is 0 Å². The quantitative estimate of drug-likeness (QED) is 0.164. The van der Waals surface area contributed by atoms with Gasteiger partial charge in [-0.2, -0.15) is 9.78 Å². The second kappa shape index (κ2) is 11.4. The molecule has 0 amide bonds. The molecule has 0 aliphatic carbocycles. The topological polar surface area (TPSA) is 109 Å². The number of hydrogen-bond acceptors (Lipinski definition) is 7. The molecule has 0 saturated carbocycles. The number of unbranched alkanes of at least 4 members (excludes halogenated alkanes) is 1. The average Bonchev–Trinajstić information content (AvgIpc) is 2.81. The Hall–Kier alpha value is -3.71. The number of nitro groups is 1. The lowest BCUT2D eigenvalue weighted by Gasteiger charge is -2.12. The van der Waals surface area contributed by atoms with Crippen LogP contribution in [0.15, 0.2) is 44.7 Å². The maximum Gasteiger partial charge on any atom is 0.315 e. The van der Waals surface area contributed by atoms with Crippen molar-refractivity contribution >= 4 is 38.7 Å². The largest absolute Gasteiger partial charge is 0.490 e. The minimum Gasteiger partial charge on any atom is -0.490 e. The second-order valence-electron chi connectivity index (χ2n) is 7.20. The lowest BCUT2D eigenvalue weighted by Crippen LogP contribution is -2.22. The molecule has 0 aliphatic rings. The third-order valence-corrected chi connectivity index (χ3v) is 5.30. The van der Waals surface area contributed by atoms with Crippen LogP contribution >= 0.6 is 15.9 Å². The average molecular weight is 527 g/mol. The zero-order valence-electron chi connectivity index (χ0n) is 18.8. The highest BCUT2D eigenvalue weighted by Crippen LogP contribution is 2.38. The summed E-state index contributed by atoms with van der Waals surface area (Å²) in [6, 6.07) is 8.13. The maximum atomic E-state index is 13.2. The highest BCUT2D eigenvalue weighted by molar-refractivity contribution is 9.10. The number of nitrogens with zero attached hydrogens (tertiary/aromatic N) is 4. The maximum absolute atomic E-state index is 13.2. The third-order valence-electron chi connectivity index (χ3n) is 4.81. The van der Waals surface area contributed by atoms with Crippen LogP contribution in [0.3, 0.4) is 0 Å². The van der Waals surface area contributed by atoms with Gasteiger partial charge in [-0.15, -0.1) is 6.42 Å². The fourth-order valence-corrected chi connectivity index (χ4v) is 3.64. The van der Waals surface area contributed by atoms with Crippen molar-refractivity contribution in [3.05, 3.63) is 66.7 Å². The van der Waals surface area contributed by atoms with Crippen molar-refractivity contribution in [1.82, 2.24) is 9.66 Å². The van der Waals surface area contributed by atoms with Crippen molar-refractivity contribution in [2.45, 2.75) is 33.1 Å². The Morgan fingerprint density at radius 3 is 2.76 bits per heavy atom. The Balaban J connectivity index is 2.14. The molecule has 1 aromatic heterocycles. The Morgan fingerprint density at radius 2 is 2.09 bits per heavy atom. The number of benzene rings is 2. The van der Waals surface area contributed by atoms with Gasteiger partial charge in [0.25, 0.3) is 5.56 Å². The number of hydrogen-bond donors (Lipinski definition) is 0. The Bertz CT molecular complexity index is 1340. The van der Waals surface area contributed by atoms with E-state index in [0.717, 1.165) is 17.3 Å². The number of fused-ring (bicyclic) bond motifs is 1. The Kier molecular flexibility index (Phi) is 8.38. The van der Waals surface area contributed by atoms with Crippen LogP contribution in [0.25, 0.3) is 10.9 Å². The van der Waals surface area contributed by atoms with Crippen molar-refractivity contribution in [1.29, 1.82) is 0 Å². The summed E-state index contributed by atoms with van der Waals surface area (Å²) in [7, 11) is 0. The molecule has 0 radical (unpaired) electrons. The fourth-order valence-electron chi connectivity index (χ4n) is 3.27. The molecule has 0 bridgehead atoms. The van der Waals surface area contributed by atoms with Gasteiger partial charge >= 0.3 is 5.69 Å². The molecule has 0 aliphatic heterocycles. The van der Waals surface area contributed by atoms with Crippen molar-refractivity contribution in [2.75, 3.05) is 13.2 Å². The number of terminal acetylenes is 1. The van der Waals surface area contributed by atoms with Crippen LogP contribution in [0.1, 0.15) is 38.1 Å². The number of rotatable bonds is 10. The van der Waals surface area contributed by atoms with Crippen LogP contribution in [0.5, 0.6) is 11.5 Å². The molecule has 0 N–H and O–H groups in total. The lowest BCUT2D eigenvalue weighted by molar-refractivity contribution is -0.385. The first kappa shape index (κ1) is 24.9. The van der Waals surface area contributed by atoms with Gasteiger partial charge in [0.15, 0.2) is 5.75 Å². The first-order valence-electron chi connectivity index (χ1n) is 10.7. The van der Waals surface area contributed by atoms with Gasteiger partial charge in [-0.1, -0.05) is 35.2 Å². The van der Waals surface area contributed by atoms with E-state index in [4.69, 9.17) is 15.9 Å². The van der Waals surface area contributed by atoms with Crippen molar-refractivity contribution in [3.8, 4) is 23.8 Å². The SMILES string of the molecule is C#CCOc1c(OCC)cc(C=Nn2c(CCCC)nc3ccc(Br)cc3c2=O)cc1[N+](=O)[O-]. The Morgan fingerprint density at radius 1 is 1.29 bits per heavy atom. The van der Waals surface area contributed by atoms with E-state index in [1.807, 2.05) is 13.0 Å². The van der Waals surface area contributed by atoms with Gasteiger partial charge in [0.05, 0.1) is 28.6 Å². The highest BCUT2D eigenvalue weighted by Gasteiger charge is 2.22. The molecule has 176 valence electrons. The molecule has 3 rings (SSSR count). The van der Waals surface area contributed by atoms with Crippen LogP contribution in [-0.4, -0.2) is 34.0 Å². The molecular formula is C24H23BrN4O5. The summed E-state index contributed by atoms with van der Waals surface area (Å²) < 4.78 is 12.9. The summed E-state index contributed by atoms with van der Waals surface area (Å²) >= 11 is 3.38. The van der Waals surface area contributed by atoms with Crippen molar-refractivity contribution in [3.63, 3.8) is 0 Å². The molecule has 0 saturated heterocycles. The number of aromatic nitrogens is 2. The molecule has 0 fully saturated rings. The smallest absolute Gasteiger partial charge is 0.315 e. The van der Waals surface area contributed by atoms with E-state index in [2.05, 4.69) is 31.9 Å². The van der Waals surface area contributed by atoms with E-state index in [1.54, 1.807) is 25.1 Å². The first-order chi connectivity index (χ1) is 16.4. The number of aryl methyl sites for hydroxylation is 1. The summed E-state index contributed by atoms with van der Waals surface area (Å²) in [5, 5.41) is 16.4. The van der Waals surface area contributed by atoms with Gasteiger partial charge in [-0.3, -0.25) is 14.9 Å². The fraction of sp³-hybridized carbons (Fsp3) is 0.292. The molecule has 10 heteroatoms. The minimum atomic E-state index is -0.584. The van der Waals surface area contributed by atoms with Crippen LogP contribution in [0.4, 0.5) is 5.69 Å². The molecule has 1 heterocycles. The van der Waals surface area contributed by atoms with E-state index in [1.165, 1.54) is 17.0 Å². The second-order valence-corrected chi connectivity index (χ2v) is 8.12. The predicted molar refractivity (Wildman–Crippen MR) is 134 cm³/mol. The molecular weight excluding hydrogens is 504 g/mol. The van der Waals surface area contributed by atoms with E-state index < -0.39 is 4.92 Å². The highest BCUT2D eigenvalue weighted by atomic mass is 79.9. The summed E-state index contributed by atoms with van der Waals surface area (Å²) in [6.07, 6.45) is 8.89. The molecule has 0 spiro atoms. The summed E-state index contributed by atoms with van der Waals surface area (Å²) in [5.74, 6) is 2.90. The van der Waals surface area contributed by atoms with Gasteiger partial charge in [-0.05, 0) is 37.6 Å².